The van der Waals surface area contributed by atoms with Crippen LogP contribution in [0.2, 0.25) is 0 Å². The number of H-pyrrole nitrogens is 2. The van der Waals surface area contributed by atoms with Gasteiger partial charge in [-0.15, -0.1) is 0 Å². The third kappa shape index (κ3) is 14.0. The van der Waals surface area contributed by atoms with E-state index in [0.717, 1.165) is 12.8 Å². The quantitative estimate of drug-likeness (QED) is 0.347. The summed E-state index contributed by atoms with van der Waals surface area (Å²) in [5.74, 6) is 0. The van der Waals surface area contributed by atoms with Gasteiger partial charge >= 0.3 is 53.6 Å². The normalized spacial score (nSPS) is 10.8. The van der Waals surface area contributed by atoms with Crippen molar-refractivity contribution in [1.82, 2.24) is 0 Å². The molecule has 9 nitrogen and oxygen atoms in total. The molecule has 2 N–H and O–H groups in total. The van der Waals surface area contributed by atoms with Crippen LogP contribution in [0.1, 0.15) is 22.3 Å². The summed E-state index contributed by atoms with van der Waals surface area (Å²) >= 11 is -12.1. The summed E-state index contributed by atoms with van der Waals surface area (Å²) in [5, 5.41) is 0. The van der Waals surface area contributed by atoms with Gasteiger partial charge < -0.3 is 0 Å². The van der Waals surface area contributed by atoms with Crippen molar-refractivity contribution in [3.63, 3.8) is 0 Å². The molecule has 11 heteroatoms. The minimum absolute atomic E-state index is 1.01. The first-order valence-electron chi connectivity index (χ1n) is 10.2. The number of aromatic amines is 2. The molecular weight excluding hydrogens is 532 g/mol. The van der Waals surface area contributed by atoms with E-state index in [-0.39, 0.29) is 0 Å². The summed E-state index contributed by atoms with van der Waals surface area (Å²) < 4.78 is 58.9. The summed E-state index contributed by atoms with van der Waals surface area (Å²) in [6.07, 6.45) is 9.85. The number of nitrogens with one attached hydrogen (secondary N) is 2. The molecule has 0 saturated heterocycles. The Bertz CT molecular complexity index is 1160. The molecule has 0 fully saturated rings. The molecule has 4 rings (SSSR count). The molecule has 184 valence electrons. The van der Waals surface area contributed by atoms with Crippen LogP contribution in [0.25, 0.3) is 0 Å². The fourth-order valence-corrected chi connectivity index (χ4v) is 4.48. The number of hydrogen-bond donors (Lipinski definition) is 0. The molecule has 0 aliphatic rings. The standard InChI is InChI=1S/2C12H11N.2Cr.7O/c2*1-2-4-11(5-3-1)10-12-6-8-13-9-7-12;;;;;;;;;/h2*1-9H,10H2;;;;;;;;;/q;;;;;;;;;2*-1/p+2. The third-order valence-electron chi connectivity index (χ3n) is 4.24. The second-order valence-corrected chi connectivity index (χ2v) is 10.7. The molecule has 0 unspecified atom stereocenters. The van der Waals surface area contributed by atoms with Gasteiger partial charge in [-0.3, -0.25) is 0 Å². The second kappa shape index (κ2) is 14.3. The van der Waals surface area contributed by atoms with Gasteiger partial charge in [0.15, 0.2) is 24.8 Å². The molecule has 2 aromatic carbocycles. The number of aromatic nitrogens is 2. The van der Waals surface area contributed by atoms with Gasteiger partial charge in [-0.05, 0) is 35.1 Å². The number of benzene rings is 2. The Morgan fingerprint density at radius 1 is 0.514 bits per heavy atom. The molecule has 0 aliphatic carbocycles. The van der Waals surface area contributed by atoms with Crippen molar-refractivity contribution < 1.29 is 63.6 Å². The molecule has 0 amide bonds. The van der Waals surface area contributed by atoms with Crippen molar-refractivity contribution in [2.75, 3.05) is 0 Å². The van der Waals surface area contributed by atoms with E-state index in [1.807, 2.05) is 36.9 Å². The summed E-state index contributed by atoms with van der Waals surface area (Å²) in [7, 11) is 0. The minimum atomic E-state index is -6.07. The van der Waals surface area contributed by atoms with Crippen molar-refractivity contribution in [1.29, 1.82) is 0 Å². The molecule has 2 aromatic heterocycles. The van der Waals surface area contributed by atoms with Crippen molar-refractivity contribution in [2.45, 2.75) is 12.8 Å². The monoisotopic (exact) mass is 556 g/mol. The fourth-order valence-electron chi connectivity index (χ4n) is 2.84. The van der Waals surface area contributed by atoms with E-state index in [0.29, 0.717) is 0 Å². The predicted octanol–water partition coefficient (Wildman–Crippen LogP) is 1.26. The smallest absolute Gasteiger partial charge is 0.167 e. The van der Waals surface area contributed by atoms with Gasteiger partial charge in [0, 0.05) is 24.3 Å². The fraction of sp³-hybridized carbons (Fsp3) is 0.0833. The van der Waals surface area contributed by atoms with Crippen molar-refractivity contribution >= 4 is 0 Å². The van der Waals surface area contributed by atoms with Crippen molar-refractivity contribution in [3.05, 3.63) is 132 Å². The van der Waals surface area contributed by atoms with E-state index < -0.39 is 27.2 Å². The Hall–Kier alpha value is -3.12. The molecule has 2 heterocycles. The zero-order valence-corrected chi connectivity index (χ0v) is 21.0. The Morgan fingerprint density at radius 3 is 1.06 bits per heavy atom. The largest absolute Gasteiger partial charge is 0.218 e. The number of rotatable bonds is 6. The first-order chi connectivity index (χ1) is 16.6. The first-order valence-corrected chi connectivity index (χ1v) is 14.4. The van der Waals surface area contributed by atoms with Crippen LogP contribution in [0.3, 0.4) is 0 Å². The summed E-state index contributed by atoms with van der Waals surface area (Å²) in [6, 6.07) is 29.4. The van der Waals surface area contributed by atoms with Crippen LogP contribution >= 0.6 is 0 Å². The predicted molar refractivity (Wildman–Crippen MR) is 108 cm³/mol. The molecule has 0 saturated carbocycles. The van der Waals surface area contributed by atoms with Crippen LogP contribution in [-0.2, 0) is 58.1 Å². The summed E-state index contributed by atoms with van der Waals surface area (Å²) in [5.41, 5.74) is 5.39. The number of hydrogen-bond acceptors (Lipinski definition) is 7. The van der Waals surface area contributed by atoms with Crippen LogP contribution in [-0.4, -0.2) is 0 Å². The molecular formula is C24H24Cr2N2O7. The van der Waals surface area contributed by atoms with Crippen molar-refractivity contribution in [3.8, 4) is 0 Å². The Kier molecular flexibility index (Phi) is 11.5. The zero-order valence-electron chi connectivity index (χ0n) is 18.5. The molecule has 0 radical (unpaired) electrons. The van der Waals surface area contributed by atoms with Gasteiger partial charge in [0.2, 0.25) is 0 Å². The van der Waals surface area contributed by atoms with Crippen LogP contribution in [0.5, 0.6) is 0 Å². The maximum Gasteiger partial charge on any atom is 0.167 e. The van der Waals surface area contributed by atoms with Crippen molar-refractivity contribution in [2.24, 2.45) is 0 Å². The van der Waals surface area contributed by atoms with Gasteiger partial charge in [-0.25, -0.2) is 9.97 Å². The van der Waals surface area contributed by atoms with Crippen LogP contribution in [0.4, 0.5) is 0 Å². The van der Waals surface area contributed by atoms with E-state index in [1.165, 1.54) is 22.3 Å². The van der Waals surface area contributed by atoms with E-state index in [1.54, 1.807) is 0 Å². The number of pyridine rings is 2. The van der Waals surface area contributed by atoms with Gasteiger partial charge in [0.25, 0.3) is 0 Å². The topological polar surface area (TPSA) is 152 Å². The second-order valence-electron chi connectivity index (χ2n) is 7.03. The molecule has 0 atom stereocenters. The van der Waals surface area contributed by atoms with E-state index in [9.17, 15) is 23.5 Å². The zero-order chi connectivity index (χ0) is 25.6. The molecule has 0 bridgehead atoms. The minimum Gasteiger partial charge on any atom is -0.218 e. The van der Waals surface area contributed by atoms with Gasteiger partial charge in [0.05, 0.1) is 0 Å². The maximum atomic E-state index is 9.38. The molecule has 0 spiro atoms. The average Bonchev–Trinajstić information content (AvgIpc) is 2.80. The molecule has 35 heavy (non-hydrogen) atoms. The molecule has 0 aliphatic heterocycles. The van der Waals surface area contributed by atoms with E-state index in [2.05, 4.69) is 85.6 Å². The average molecular weight is 556 g/mol. The van der Waals surface area contributed by atoms with Gasteiger partial charge in [0.1, 0.15) is 0 Å². The van der Waals surface area contributed by atoms with Gasteiger partial charge in [-0.1, -0.05) is 60.7 Å². The Labute approximate surface area is 207 Å². The van der Waals surface area contributed by atoms with Crippen LogP contribution in [0.15, 0.2) is 110 Å². The van der Waals surface area contributed by atoms with Gasteiger partial charge in [-0.2, -0.15) is 0 Å². The summed E-state index contributed by atoms with van der Waals surface area (Å²) in [4.78, 5) is 6.04. The third-order valence-corrected chi connectivity index (χ3v) is 6.91. The van der Waals surface area contributed by atoms with E-state index >= 15 is 0 Å². The SMILES string of the molecule is [O]=[Cr](=[O])([O-])[O][Cr](=[O])(=[O])[O-].c1ccc(Cc2cc[nH+]cc2)cc1.c1ccc(Cc2cc[nH+]cc2)cc1. The van der Waals surface area contributed by atoms with Crippen LogP contribution in [0, 0.1) is 0 Å². The Morgan fingerprint density at radius 2 is 0.800 bits per heavy atom. The summed E-state index contributed by atoms with van der Waals surface area (Å²) in [6.45, 7) is 0. The maximum absolute atomic E-state index is 9.38. The Balaban J connectivity index is 0.000000190. The van der Waals surface area contributed by atoms with E-state index in [4.69, 9.17) is 0 Å². The first kappa shape index (κ1) is 28.1. The molecule has 4 aromatic rings. The van der Waals surface area contributed by atoms with Crippen LogP contribution < -0.4 is 18.3 Å².